The lowest BCUT2D eigenvalue weighted by Gasteiger charge is -2.20. The minimum Gasteiger partial charge on any atom is -0.364 e. The second-order valence-corrected chi connectivity index (χ2v) is 4.34. The Kier molecular flexibility index (Phi) is 4.85. The van der Waals surface area contributed by atoms with Crippen molar-refractivity contribution in [2.75, 3.05) is 31.8 Å². The number of carbonyl (C=O) groups excluding carboxylic acids is 1. The highest BCUT2D eigenvalue weighted by atomic mass is 32.2. The first-order chi connectivity index (χ1) is 8.13. The van der Waals surface area contributed by atoms with E-state index in [0.29, 0.717) is 5.56 Å². The number of carbonyl (C=O) groups is 1. The molecule has 0 radical (unpaired) electrons. The molecule has 0 heterocycles. The number of nitriles is 1. The first-order valence-electron chi connectivity index (χ1n) is 5.12. The first-order valence-corrected chi connectivity index (χ1v) is 6.35. The molecule has 1 aromatic carbocycles. The summed E-state index contributed by atoms with van der Waals surface area (Å²) in [6.07, 6.45) is 1.93. The molecule has 0 saturated heterocycles. The molecule has 1 N–H and O–H groups in total. The number of nitrogens with zero attached hydrogens (tertiary/aromatic N) is 2. The van der Waals surface area contributed by atoms with Crippen LogP contribution in [0.1, 0.15) is 5.56 Å². The summed E-state index contributed by atoms with van der Waals surface area (Å²) in [7, 11) is 3.40. The van der Waals surface area contributed by atoms with Gasteiger partial charge in [-0.25, -0.2) is 0 Å². The van der Waals surface area contributed by atoms with E-state index in [4.69, 9.17) is 0 Å². The van der Waals surface area contributed by atoms with Crippen LogP contribution in [0.15, 0.2) is 23.1 Å². The summed E-state index contributed by atoms with van der Waals surface area (Å²) in [5.74, 6) is -0.0778. The molecule has 1 amide bonds. The average Bonchev–Trinajstić information content (AvgIpc) is 2.37. The third-order valence-corrected chi connectivity index (χ3v) is 3.19. The van der Waals surface area contributed by atoms with Gasteiger partial charge in [-0.15, -0.1) is 11.8 Å². The van der Waals surface area contributed by atoms with Crippen molar-refractivity contribution >= 4 is 23.4 Å². The smallest absolute Gasteiger partial charge is 0.239 e. The maximum Gasteiger partial charge on any atom is 0.239 e. The number of rotatable bonds is 4. The highest BCUT2D eigenvalue weighted by Gasteiger charge is 2.12. The van der Waals surface area contributed by atoms with Crippen molar-refractivity contribution < 1.29 is 4.79 Å². The third-order valence-electron chi connectivity index (χ3n) is 2.41. The molecule has 0 aliphatic carbocycles. The van der Waals surface area contributed by atoms with E-state index in [2.05, 4.69) is 11.4 Å². The zero-order valence-electron chi connectivity index (χ0n) is 10.2. The Morgan fingerprint density at radius 1 is 1.59 bits per heavy atom. The van der Waals surface area contributed by atoms with Gasteiger partial charge < -0.3 is 10.2 Å². The lowest BCUT2D eigenvalue weighted by molar-refractivity contribution is -0.119. The number of hydrogen-bond acceptors (Lipinski definition) is 4. The summed E-state index contributed by atoms with van der Waals surface area (Å²) in [6.45, 7) is 0.239. The van der Waals surface area contributed by atoms with Gasteiger partial charge in [-0.2, -0.15) is 5.26 Å². The molecule has 1 aromatic rings. The number of likely N-dealkylation sites (N-methyl/N-ethyl adjacent to an activating group) is 2. The van der Waals surface area contributed by atoms with Crippen LogP contribution in [0.4, 0.5) is 5.69 Å². The van der Waals surface area contributed by atoms with Crippen molar-refractivity contribution in [2.45, 2.75) is 4.90 Å². The SMILES string of the molecule is CNC(=O)CN(C)c1cccc(SC)c1C#N. The third kappa shape index (κ3) is 3.14. The van der Waals surface area contributed by atoms with E-state index in [1.807, 2.05) is 24.5 Å². The molecule has 0 spiro atoms. The molecule has 0 atom stereocenters. The topological polar surface area (TPSA) is 56.1 Å². The molecule has 1 rings (SSSR count). The minimum atomic E-state index is -0.0778. The highest BCUT2D eigenvalue weighted by molar-refractivity contribution is 7.98. The molecule has 0 aromatic heterocycles. The van der Waals surface area contributed by atoms with Gasteiger partial charge in [0.2, 0.25) is 5.91 Å². The van der Waals surface area contributed by atoms with Gasteiger partial charge in [0.15, 0.2) is 0 Å². The van der Waals surface area contributed by atoms with Crippen LogP contribution in [0.25, 0.3) is 0 Å². The van der Waals surface area contributed by atoms with E-state index in [1.165, 1.54) is 11.8 Å². The van der Waals surface area contributed by atoms with Crippen LogP contribution in [0.3, 0.4) is 0 Å². The van der Waals surface area contributed by atoms with Crippen LogP contribution in [0, 0.1) is 11.3 Å². The molecular formula is C12H15N3OS. The van der Waals surface area contributed by atoms with E-state index >= 15 is 0 Å². The van der Waals surface area contributed by atoms with Crippen molar-refractivity contribution in [2.24, 2.45) is 0 Å². The van der Waals surface area contributed by atoms with Gasteiger partial charge in [-0.3, -0.25) is 4.79 Å². The standard InChI is InChI=1S/C12H15N3OS/c1-14-12(16)8-15(2)10-5-4-6-11(17-3)9(10)7-13/h4-6H,8H2,1-3H3,(H,14,16). The predicted molar refractivity (Wildman–Crippen MR) is 70.3 cm³/mol. The summed E-state index contributed by atoms with van der Waals surface area (Å²) >= 11 is 1.53. The molecule has 0 fully saturated rings. The van der Waals surface area contributed by atoms with E-state index in [9.17, 15) is 10.1 Å². The molecule has 0 saturated carbocycles. The zero-order chi connectivity index (χ0) is 12.8. The minimum absolute atomic E-state index is 0.0778. The van der Waals surface area contributed by atoms with Gasteiger partial charge in [0.25, 0.3) is 0 Å². The van der Waals surface area contributed by atoms with Gasteiger partial charge >= 0.3 is 0 Å². The molecule has 17 heavy (non-hydrogen) atoms. The molecule has 0 unspecified atom stereocenters. The van der Waals surface area contributed by atoms with E-state index in [1.54, 1.807) is 19.0 Å². The van der Waals surface area contributed by atoms with E-state index < -0.39 is 0 Å². The van der Waals surface area contributed by atoms with Crippen LogP contribution in [0.5, 0.6) is 0 Å². The van der Waals surface area contributed by atoms with E-state index in [0.717, 1.165) is 10.6 Å². The second-order valence-electron chi connectivity index (χ2n) is 3.50. The second kappa shape index (κ2) is 6.16. The molecule has 0 bridgehead atoms. The predicted octanol–water partition coefficient (Wildman–Crippen LogP) is 1.46. The Balaban J connectivity index is 3.05. The van der Waals surface area contributed by atoms with Crippen molar-refractivity contribution in [1.29, 1.82) is 5.26 Å². The largest absolute Gasteiger partial charge is 0.364 e. The molecular weight excluding hydrogens is 234 g/mol. The Bertz CT molecular complexity index is 454. The van der Waals surface area contributed by atoms with Crippen LogP contribution in [-0.2, 0) is 4.79 Å². The van der Waals surface area contributed by atoms with Crippen molar-refractivity contribution in [3.8, 4) is 6.07 Å². The monoisotopic (exact) mass is 249 g/mol. The highest BCUT2D eigenvalue weighted by Crippen LogP contribution is 2.28. The van der Waals surface area contributed by atoms with Crippen LogP contribution >= 0.6 is 11.8 Å². The van der Waals surface area contributed by atoms with Gasteiger partial charge in [-0.1, -0.05) is 6.07 Å². The lowest BCUT2D eigenvalue weighted by atomic mass is 10.2. The summed E-state index contributed by atoms with van der Waals surface area (Å²) in [6, 6.07) is 7.84. The fraction of sp³-hybridized carbons (Fsp3) is 0.333. The quantitative estimate of drug-likeness (QED) is 0.821. The molecule has 0 aliphatic heterocycles. The van der Waals surface area contributed by atoms with Gasteiger partial charge in [0, 0.05) is 19.0 Å². The Hall–Kier alpha value is -1.67. The summed E-state index contributed by atoms with van der Waals surface area (Å²) in [5, 5.41) is 11.7. The van der Waals surface area contributed by atoms with Crippen LogP contribution < -0.4 is 10.2 Å². The van der Waals surface area contributed by atoms with Crippen LogP contribution in [-0.4, -0.2) is 32.8 Å². The van der Waals surface area contributed by atoms with Gasteiger partial charge in [0.05, 0.1) is 17.8 Å². The Morgan fingerprint density at radius 3 is 2.82 bits per heavy atom. The molecule has 4 nitrogen and oxygen atoms in total. The van der Waals surface area contributed by atoms with Crippen molar-refractivity contribution in [3.05, 3.63) is 23.8 Å². The number of anilines is 1. The van der Waals surface area contributed by atoms with Crippen molar-refractivity contribution in [1.82, 2.24) is 5.32 Å². The van der Waals surface area contributed by atoms with Crippen molar-refractivity contribution in [3.63, 3.8) is 0 Å². The van der Waals surface area contributed by atoms with Crippen LogP contribution in [0.2, 0.25) is 0 Å². The summed E-state index contributed by atoms with van der Waals surface area (Å²) in [4.78, 5) is 14.0. The van der Waals surface area contributed by atoms with E-state index in [-0.39, 0.29) is 12.5 Å². The Morgan fingerprint density at radius 2 is 2.29 bits per heavy atom. The summed E-state index contributed by atoms with van der Waals surface area (Å²) in [5.41, 5.74) is 1.40. The number of thioether (sulfide) groups is 1. The average molecular weight is 249 g/mol. The molecule has 0 aliphatic rings. The van der Waals surface area contributed by atoms with Gasteiger partial charge in [-0.05, 0) is 18.4 Å². The normalized spacial score (nSPS) is 9.53. The fourth-order valence-corrected chi connectivity index (χ4v) is 2.07. The maximum atomic E-state index is 11.3. The zero-order valence-corrected chi connectivity index (χ0v) is 11.0. The fourth-order valence-electron chi connectivity index (χ4n) is 1.50. The number of nitrogens with one attached hydrogen (secondary N) is 1. The summed E-state index contributed by atoms with van der Waals surface area (Å²) < 4.78 is 0. The number of amides is 1. The first kappa shape index (κ1) is 13.4. The maximum absolute atomic E-state index is 11.3. The molecule has 90 valence electrons. The van der Waals surface area contributed by atoms with Gasteiger partial charge in [0.1, 0.15) is 6.07 Å². The molecule has 5 heteroatoms. The number of hydrogen-bond donors (Lipinski definition) is 1. The Labute approximate surface area is 106 Å². The lowest BCUT2D eigenvalue weighted by Crippen LogP contribution is -2.33. The number of benzene rings is 1.